The van der Waals surface area contributed by atoms with Crippen molar-refractivity contribution < 1.29 is 14.6 Å². The molecule has 32 heavy (non-hydrogen) atoms. The number of aromatic nitrogens is 4. The van der Waals surface area contributed by atoms with E-state index in [1.807, 2.05) is 0 Å². The highest BCUT2D eigenvalue weighted by Gasteiger charge is 2.41. The van der Waals surface area contributed by atoms with Gasteiger partial charge in [0.15, 0.2) is 5.65 Å². The van der Waals surface area contributed by atoms with Gasteiger partial charge in [-0.1, -0.05) is 19.6 Å². The highest BCUT2D eigenvalue weighted by Crippen LogP contribution is 2.33. The molecule has 2 aliphatic heterocycles. The molecule has 2 fully saturated rings. The van der Waals surface area contributed by atoms with E-state index in [0.717, 1.165) is 25.3 Å². The van der Waals surface area contributed by atoms with Crippen LogP contribution in [0.25, 0.3) is 11.0 Å². The van der Waals surface area contributed by atoms with Gasteiger partial charge in [0.1, 0.15) is 16.7 Å². The molecule has 0 saturated carbocycles. The van der Waals surface area contributed by atoms with E-state index in [1.54, 1.807) is 16.3 Å². The van der Waals surface area contributed by atoms with E-state index in [1.165, 1.54) is 4.90 Å². The van der Waals surface area contributed by atoms with Gasteiger partial charge >= 0.3 is 6.09 Å². The average molecular weight is 527 g/mol. The van der Waals surface area contributed by atoms with Crippen LogP contribution in [0.1, 0.15) is 19.3 Å². The number of anilines is 1. The highest BCUT2D eigenvalue weighted by atomic mass is 79.9. The summed E-state index contributed by atoms with van der Waals surface area (Å²) in [6.07, 6.45) is 1.90. The number of hydrogen-bond acceptors (Lipinski definition) is 6. The summed E-state index contributed by atoms with van der Waals surface area (Å²) < 4.78 is 9.52. The van der Waals surface area contributed by atoms with Gasteiger partial charge < -0.3 is 19.6 Å². The molecule has 176 valence electrons. The number of amides is 1. The van der Waals surface area contributed by atoms with Crippen molar-refractivity contribution in [3.63, 3.8) is 0 Å². The number of nitrogens with zero attached hydrogens (tertiary/aromatic N) is 6. The van der Waals surface area contributed by atoms with E-state index in [4.69, 9.17) is 9.72 Å². The summed E-state index contributed by atoms with van der Waals surface area (Å²) in [4.78, 5) is 33.3. The zero-order chi connectivity index (χ0) is 23.2. The molecule has 12 heteroatoms. The van der Waals surface area contributed by atoms with Gasteiger partial charge in [-0.3, -0.25) is 9.36 Å². The lowest BCUT2D eigenvalue weighted by molar-refractivity contribution is 0.0810. The van der Waals surface area contributed by atoms with Gasteiger partial charge in [0.05, 0.1) is 0 Å². The van der Waals surface area contributed by atoms with Gasteiger partial charge in [-0.25, -0.2) is 9.48 Å². The minimum Gasteiger partial charge on any atom is -0.465 e. The molecule has 2 saturated heterocycles. The minimum absolute atomic E-state index is 0.00181. The van der Waals surface area contributed by atoms with Crippen LogP contribution in [0.4, 0.5) is 10.7 Å². The normalized spacial score (nSPS) is 21.4. The quantitative estimate of drug-likeness (QED) is 0.455. The number of carboxylic acid groups (broad SMARTS) is 1. The summed E-state index contributed by atoms with van der Waals surface area (Å²) in [7, 11) is 0.516. The van der Waals surface area contributed by atoms with Crippen molar-refractivity contribution >= 4 is 47.1 Å². The third kappa shape index (κ3) is 4.44. The van der Waals surface area contributed by atoms with E-state index in [2.05, 4.69) is 45.6 Å². The molecule has 1 amide bonds. The number of rotatable bonds is 6. The van der Waals surface area contributed by atoms with Crippen LogP contribution >= 0.6 is 15.9 Å². The first-order valence-corrected chi connectivity index (χ1v) is 15.5. The predicted molar refractivity (Wildman–Crippen MR) is 128 cm³/mol. The Morgan fingerprint density at radius 1 is 1.25 bits per heavy atom. The number of ether oxygens (including phenoxy) is 1. The number of piperidine rings is 1. The number of hydrogen-bond donors (Lipinski definition) is 1. The smallest absolute Gasteiger partial charge is 0.407 e. The molecular weight excluding hydrogens is 496 g/mol. The summed E-state index contributed by atoms with van der Waals surface area (Å²) in [5.74, 6) is 0.568. The number of piperazine rings is 1. The topological polar surface area (TPSA) is 106 Å². The van der Waals surface area contributed by atoms with E-state index < -0.39 is 14.2 Å². The Bertz CT molecular complexity index is 1070. The SMILES string of the molecule is Cn1c(N2C3CCCC2CN(C(=O)O)C3)nc2c(c(Br)nn2COCC[Si](C)(C)C)c1=O. The van der Waals surface area contributed by atoms with Gasteiger partial charge in [-0.15, -0.1) is 0 Å². The molecule has 0 aromatic carbocycles. The summed E-state index contributed by atoms with van der Waals surface area (Å²) in [5.41, 5.74) is 0.311. The standard InChI is InChI=1S/C20H31BrN6O4Si/c1-24-18(28)15-16(21)23-26(12-31-8-9-32(2,3)4)17(15)22-19(24)27-13-6-5-7-14(27)11-25(10-13)20(29)30/h13-14H,5-12H2,1-4H3,(H,29,30). The average Bonchev–Trinajstić information content (AvgIpc) is 3.01. The van der Waals surface area contributed by atoms with Crippen LogP contribution in [0.15, 0.2) is 9.40 Å². The summed E-state index contributed by atoms with van der Waals surface area (Å²) in [5, 5.41) is 14.4. The molecule has 4 heterocycles. The summed E-state index contributed by atoms with van der Waals surface area (Å²) >= 11 is 3.42. The second kappa shape index (κ2) is 8.79. The lowest BCUT2D eigenvalue weighted by Gasteiger charge is -2.50. The van der Waals surface area contributed by atoms with Crippen molar-refractivity contribution in [1.29, 1.82) is 0 Å². The molecular formula is C20H31BrN6O4Si. The van der Waals surface area contributed by atoms with Gasteiger partial charge in [-0.2, -0.15) is 10.1 Å². The lowest BCUT2D eigenvalue weighted by atomic mass is 9.92. The summed E-state index contributed by atoms with van der Waals surface area (Å²) in [6.45, 7) is 8.61. The van der Waals surface area contributed by atoms with E-state index in [0.29, 0.717) is 41.3 Å². The third-order valence-corrected chi connectivity index (χ3v) is 8.60. The van der Waals surface area contributed by atoms with Crippen molar-refractivity contribution in [2.24, 2.45) is 7.05 Å². The molecule has 2 aromatic rings. The van der Waals surface area contributed by atoms with Crippen LogP contribution in [0.2, 0.25) is 25.7 Å². The molecule has 4 rings (SSSR count). The zero-order valence-corrected chi connectivity index (χ0v) is 21.6. The largest absolute Gasteiger partial charge is 0.465 e. The van der Waals surface area contributed by atoms with Gasteiger partial charge in [0.2, 0.25) is 5.95 Å². The molecule has 2 unspecified atom stereocenters. The lowest BCUT2D eigenvalue weighted by Crippen LogP contribution is -2.63. The molecule has 0 aliphatic carbocycles. The van der Waals surface area contributed by atoms with Crippen molar-refractivity contribution in [2.75, 3.05) is 24.6 Å². The number of halogens is 1. The first kappa shape index (κ1) is 23.2. The van der Waals surface area contributed by atoms with Crippen molar-refractivity contribution in [1.82, 2.24) is 24.2 Å². The first-order valence-electron chi connectivity index (χ1n) is 11.0. The molecule has 2 bridgehead atoms. The molecule has 1 N–H and O–H groups in total. The fourth-order valence-corrected chi connectivity index (χ4v) is 5.89. The molecule has 0 spiro atoms. The Kier molecular flexibility index (Phi) is 6.38. The second-order valence-corrected chi connectivity index (χ2v) is 16.3. The Labute approximate surface area is 196 Å². The van der Waals surface area contributed by atoms with Crippen LogP contribution in [-0.2, 0) is 18.5 Å². The Morgan fingerprint density at radius 3 is 2.50 bits per heavy atom. The maximum Gasteiger partial charge on any atom is 0.407 e. The van der Waals surface area contributed by atoms with Crippen molar-refractivity contribution in [2.45, 2.75) is 63.8 Å². The number of likely N-dealkylation sites (tertiary alicyclic amines) is 1. The second-order valence-electron chi connectivity index (χ2n) is 9.95. The summed E-state index contributed by atoms with van der Waals surface area (Å²) in [6, 6.07) is 1.05. The maximum atomic E-state index is 13.3. The number of carbonyl (C=O) groups is 1. The van der Waals surface area contributed by atoms with E-state index in [-0.39, 0.29) is 24.4 Å². The monoisotopic (exact) mass is 526 g/mol. The highest BCUT2D eigenvalue weighted by molar-refractivity contribution is 9.10. The first-order chi connectivity index (χ1) is 15.1. The van der Waals surface area contributed by atoms with Crippen molar-refractivity contribution in [3.05, 3.63) is 15.0 Å². The fraction of sp³-hybridized carbons (Fsp3) is 0.700. The van der Waals surface area contributed by atoms with Gasteiger partial charge in [0, 0.05) is 46.9 Å². The van der Waals surface area contributed by atoms with Crippen LogP contribution in [0.3, 0.4) is 0 Å². The maximum absolute atomic E-state index is 13.3. The zero-order valence-electron chi connectivity index (χ0n) is 19.0. The van der Waals surface area contributed by atoms with E-state index >= 15 is 0 Å². The molecule has 2 aromatic heterocycles. The fourth-order valence-electron chi connectivity index (χ4n) is 4.59. The Balaban J connectivity index is 1.68. The molecule has 2 aliphatic rings. The van der Waals surface area contributed by atoms with Crippen LogP contribution in [0, 0.1) is 0 Å². The molecule has 10 nitrogen and oxygen atoms in total. The Morgan fingerprint density at radius 2 is 1.91 bits per heavy atom. The molecule has 2 atom stereocenters. The number of fused-ring (bicyclic) bond motifs is 3. The van der Waals surface area contributed by atoms with Gasteiger partial charge in [-0.05, 0) is 41.2 Å². The van der Waals surface area contributed by atoms with E-state index in [9.17, 15) is 14.7 Å². The minimum atomic E-state index is -1.20. The molecule has 0 radical (unpaired) electrons. The van der Waals surface area contributed by atoms with Crippen LogP contribution < -0.4 is 10.5 Å². The third-order valence-electron chi connectivity index (χ3n) is 6.34. The van der Waals surface area contributed by atoms with Gasteiger partial charge in [0.25, 0.3) is 5.56 Å². The Hall–Kier alpha value is -1.92. The predicted octanol–water partition coefficient (Wildman–Crippen LogP) is 2.93. The van der Waals surface area contributed by atoms with Crippen LogP contribution in [0.5, 0.6) is 0 Å². The van der Waals surface area contributed by atoms with Crippen LogP contribution in [-0.4, -0.2) is 75.3 Å². The van der Waals surface area contributed by atoms with Crippen molar-refractivity contribution in [3.8, 4) is 0 Å².